The molecule has 0 radical (unpaired) electrons. The van der Waals surface area contributed by atoms with Gasteiger partial charge in [0.1, 0.15) is 5.01 Å². The van der Waals surface area contributed by atoms with Crippen molar-refractivity contribution in [3.05, 3.63) is 35.3 Å². The van der Waals surface area contributed by atoms with Crippen LogP contribution in [0.4, 0.5) is 5.69 Å². The average Bonchev–Trinajstić information content (AvgIpc) is 2.79. The number of ether oxygens (including phenoxy) is 1. The van der Waals surface area contributed by atoms with Gasteiger partial charge in [0.2, 0.25) is 0 Å². The molecule has 1 aromatic carbocycles. The Balaban J connectivity index is 2.04. The third-order valence-corrected chi connectivity index (χ3v) is 3.25. The zero-order valence-corrected chi connectivity index (χ0v) is 10.7. The van der Waals surface area contributed by atoms with Gasteiger partial charge in [-0.2, -0.15) is 0 Å². The third kappa shape index (κ3) is 3.28. The number of hydrogen-bond donors (Lipinski definition) is 1. The summed E-state index contributed by atoms with van der Waals surface area (Å²) in [5.74, 6) is 0. The second kappa shape index (κ2) is 5.80. The molecular formula is C13H16N2OS. The van der Waals surface area contributed by atoms with E-state index in [4.69, 9.17) is 10.5 Å². The van der Waals surface area contributed by atoms with Crippen LogP contribution in [0.15, 0.2) is 29.6 Å². The normalized spacial score (nSPS) is 10.6. The van der Waals surface area contributed by atoms with E-state index < -0.39 is 0 Å². The summed E-state index contributed by atoms with van der Waals surface area (Å²) in [6, 6.07) is 7.77. The molecule has 0 atom stereocenters. The van der Waals surface area contributed by atoms with Crippen LogP contribution in [0.1, 0.15) is 19.0 Å². The molecule has 1 heterocycles. The number of hydrogen-bond acceptors (Lipinski definition) is 4. The van der Waals surface area contributed by atoms with Crippen molar-refractivity contribution in [3.8, 4) is 10.6 Å². The Hall–Kier alpha value is -1.39. The van der Waals surface area contributed by atoms with E-state index in [1.165, 1.54) is 0 Å². The standard InChI is InChI=1S/C13H16N2OS/c1-2-7-16-8-12-9-17-13(15-12)10-3-5-11(14)6-4-10/h3-6,9H,2,7-8,14H2,1H3. The minimum absolute atomic E-state index is 0.597. The van der Waals surface area contributed by atoms with Crippen molar-refractivity contribution in [1.82, 2.24) is 4.98 Å². The van der Waals surface area contributed by atoms with Crippen LogP contribution in [-0.2, 0) is 11.3 Å². The number of nitrogens with zero attached hydrogens (tertiary/aromatic N) is 1. The lowest BCUT2D eigenvalue weighted by molar-refractivity contribution is 0.119. The van der Waals surface area contributed by atoms with E-state index in [1.54, 1.807) is 11.3 Å². The van der Waals surface area contributed by atoms with Crippen LogP contribution in [0.2, 0.25) is 0 Å². The van der Waals surface area contributed by atoms with E-state index in [1.807, 2.05) is 29.6 Å². The molecule has 3 nitrogen and oxygen atoms in total. The van der Waals surface area contributed by atoms with Gasteiger partial charge in [-0.15, -0.1) is 11.3 Å². The van der Waals surface area contributed by atoms with Crippen LogP contribution < -0.4 is 5.73 Å². The number of benzene rings is 1. The van der Waals surface area contributed by atoms with Gasteiger partial charge in [-0.25, -0.2) is 4.98 Å². The summed E-state index contributed by atoms with van der Waals surface area (Å²) in [7, 11) is 0. The summed E-state index contributed by atoms with van der Waals surface area (Å²) < 4.78 is 5.46. The van der Waals surface area contributed by atoms with Gasteiger partial charge >= 0.3 is 0 Å². The fourth-order valence-electron chi connectivity index (χ4n) is 1.45. The van der Waals surface area contributed by atoms with Crippen LogP contribution in [-0.4, -0.2) is 11.6 Å². The predicted octanol–water partition coefficient (Wildman–Crippen LogP) is 3.32. The number of anilines is 1. The molecule has 0 amide bonds. The Bertz CT molecular complexity index is 465. The number of thiazole rings is 1. The molecule has 0 spiro atoms. The second-order valence-electron chi connectivity index (χ2n) is 3.82. The van der Waals surface area contributed by atoms with E-state index >= 15 is 0 Å². The molecule has 0 aliphatic heterocycles. The van der Waals surface area contributed by atoms with Crippen molar-refractivity contribution >= 4 is 17.0 Å². The van der Waals surface area contributed by atoms with Gasteiger partial charge in [0.05, 0.1) is 12.3 Å². The van der Waals surface area contributed by atoms with Crippen LogP contribution >= 0.6 is 11.3 Å². The van der Waals surface area contributed by atoms with Gasteiger partial charge in [0, 0.05) is 23.2 Å². The zero-order valence-electron chi connectivity index (χ0n) is 9.85. The summed E-state index contributed by atoms with van der Waals surface area (Å²) in [5.41, 5.74) is 8.53. The maximum atomic E-state index is 5.65. The highest BCUT2D eigenvalue weighted by atomic mass is 32.1. The molecule has 4 heteroatoms. The number of aromatic nitrogens is 1. The first-order valence-electron chi connectivity index (χ1n) is 5.67. The largest absolute Gasteiger partial charge is 0.399 e. The fraction of sp³-hybridized carbons (Fsp3) is 0.308. The monoisotopic (exact) mass is 248 g/mol. The summed E-state index contributed by atoms with van der Waals surface area (Å²) in [6.45, 7) is 3.48. The van der Waals surface area contributed by atoms with Gasteiger partial charge < -0.3 is 10.5 Å². The highest BCUT2D eigenvalue weighted by Gasteiger charge is 2.04. The van der Waals surface area contributed by atoms with Gasteiger partial charge in [-0.1, -0.05) is 6.92 Å². The Kier molecular flexibility index (Phi) is 4.12. The molecule has 2 rings (SSSR count). The first-order valence-corrected chi connectivity index (χ1v) is 6.55. The summed E-state index contributed by atoms with van der Waals surface area (Å²) in [5, 5.41) is 3.06. The van der Waals surface area contributed by atoms with Gasteiger partial charge in [-0.3, -0.25) is 0 Å². The van der Waals surface area contributed by atoms with E-state index in [-0.39, 0.29) is 0 Å². The van der Waals surface area contributed by atoms with Gasteiger partial charge in [-0.05, 0) is 30.7 Å². The second-order valence-corrected chi connectivity index (χ2v) is 4.68. The van der Waals surface area contributed by atoms with E-state index in [0.29, 0.717) is 6.61 Å². The topological polar surface area (TPSA) is 48.1 Å². The van der Waals surface area contributed by atoms with Crippen molar-refractivity contribution in [2.24, 2.45) is 0 Å². The van der Waals surface area contributed by atoms with Crippen molar-refractivity contribution in [2.45, 2.75) is 20.0 Å². The Morgan fingerprint density at radius 1 is 1.29 bits per heavy atom. The molecular weight excluding hydrogens is 232 g/mol. The van der Waals surface area contributed by atoms with Crippen LogP contribution in [0.25, 0.3) is 10.6 Å². The van der Waals surface area contributed by atoms with Crippen LogP contribution in [0.3, 0.4) is 0 Å². The molecule has 0 aliphatic rings. The molecule has 0 bridgehead atoms. The molecule has 2 N–H and O–H groups in total. The first-order chi connectivity index (χ1) is 8.29. The van der Waals surface area contributed by atoms with Crippen molar-refractivity contribution in [2.75, 3.05) is 12.3 Å². The maximum Gasteiger partial charge on any atom is 0.123 e. The van der Waals surface area contributed by atoms with E-state index in [9.17, 15) is 0 Å². The quantitative estimate of drug-likeness (QED) is 0.652. The maximum absolute atomic E-state index is 5.65. The average molecular weight is 248 g/mol. The predicted molar refractivity (Wildman–Crippen MR) is 71.9 cm³/mol. The lowest BCUT2D eigenvalue weighted by Gasteiger charge is -1.98. The van der Waals surface area contributed by atoms with Crippen molar-refractivity contribution < 1.29 is 4.74 Å². The SMILES string of the molecule is CCCOCc1csc(-c2ccc(N)cc2)n1. The molecule has 0 aliphatic carbocycles. The molecule has 0 saturated carbocycles. The smallest absolute Gasteiger partial charge is 0.123 e. The van der Waals surface area contributed by atoms with E-state index in [2.05, 4.69) is 11.9 Å². The molecule has 17 heavy (non-hydrogen) atoms. The highest BCUT2D eigenvalue weighted by Crippen LogP contribution is 2.24. The first kappa shape index (κ1) is 12.1. The minimum atomic E-state index is 0.597. The Morgan fingerprint density at radius 2 is 2.06 bits per heavy atom. The van der Waals surface area contributed by atoms with Crippen molar-refractivity contribution in [1.29, 1.82) is 0 Å². The van der Waals surface area contributed by atoms with E-state index in [0.717, 1.165) is 35.0 Å². The Morgan fingerprint density at radius 3 is 2.76 bits per heavy atom. The molecule has 1 aromatic heterocycles. The summed E-state index contributed by atoms with van der Waals surface area (Å²) in [6.07, 6.45) is 1.04. The third-order valence-electron chi connectivity index (χ3n) is 2.31. The minimum Gasteiger partial charge on any atom is -0.399 e. The lowest BCUT2D eigenvalue weighted by atomic mass is 10.2. The lowest BCUT2D eigenvalue weighted by Crippen LogP contribution is -1.94. The number of nitrogen functional groups attached to an aromatic ring is 1. The fourth-order valence-corrected chi connectivity index (χ4v) is 2.26. The zero-order chi connectivity index (χ0) is 12.1. The van der Waals surface area contributed by atoms with Gasteiger partial charge in [0.15, 0.2) is 0 Å². The summed E-state index contributed by atoms with van der Waals surface area (Å²) >= 11 is 1.63. The molecule has 2 aromatic rings. The summed E-state index contributed by atoms with van der Waals surface area (Å²) in [4.78, 5) is 4.53. The highest BCUT2D eigenvalue weighted by molar-refractivity contribution is 7.13. The van der Waals surface area contributed by atoms with Crippen LogP contribution in [0.5, 0.6) is 0 Å². The van der Waals surface area contributed by atoms with Crippen molar-refractivity contribution in [3.63, 3.8) is 0 Å². The number of rotatable bonds is 5. The molecule has 0 fully saturated rings. The molecule has 90 valence electrons. The molecule has 0 unspecified atom stereocenters. The van der Waals surface area contributed by atoms with Crippen LogP contribution in [0, 0.1) is 0 Å². The molecule has 0 saturated heterocycles. The number of nitrogens with two attached hydrogens (primary N) is 1. The van der Waals surface area contributed by atoms with Gasteiger partial charge in [0.25, 0.3) is 0 Å². The Labute approximate surface area is 105 Å².